The second kappa shape index (κ2) is 9.17. The van der Waals surface area contributed by atoms with Crippen LogP contribution in [0.25, 0.3) is 10.8 Å². The minimum absolute atomic E-state index is 0.105. The molecule has 3 aliphatic heterocycles. The molecule has 0 radical (unpaired) electrons. The van der Waals surface area contributed by atoms with E-state index in [-0.39, 0.29) is 16.9 Å². The summed E-state index contributed by atoms with van der Waals surface area (Å²) in [6, 6.07) is 26.3. The van der Waals surface area contributed by atoms with E-state index in [1.54, 1.807) is 0 Å². The van der Waals surface area contributed by atoms with E-state index < -0.39 is 17.5 Å². The molecule has 7 nitrogen and oxygen atoms in total. The maximum Gasteiger partial charge on any atom is 0.256 e. The lowest BCUT2D eigenvalue weighted by Gasteiger charge is -2.32. The first kappa shape index (κ1) is 24.3. The SMILES string of the molecule is O=C1Nc2ccccc2[C@]12[C@H]([N+](=O)[O-])[C@H](c1ccc(OCc3cccc4ccccc34)c(Br)c1)[C@@H]1CCCN12. The van der Waals surface area contributed by atoms with Gasteiger partial charge in [0.15, 0.2) is 5.54 Å². The Balaban J connectivity index is 1.24. The van der Waals surface area contributed by atoms with Crippen molar-refractivity contribution in [3.8, 4) is 5.75 Å². The van der Waals surface area contributed by atoms with Crippen LogP contribution in [-0.4, -0.2) is 34.4 Å². The number of halogens is 1. The Kier molecular flexibility index (Phi) is 5.72. The Bertz CT molecular complexity index is 1640. The number of fused-ring (bicyclic) bond motifs is 5. The largest absolute Gasteiger partial charge is 0.488 e. The van der Waals surface area contributed by atoms with Gasteiger partial charge < -0.3 is 10.1 Å². The Hall–Kier alpha value is -3.75. The fraction of sp³-hybridized carbons (Fsp3) is 0.258. The summed E-state index contributed by atoms with van der Waals surface area (Å²) in [6.07, 6.45) is 1.71. The Morgan fingerprint density at radius 2 is 1.85 bits per heavy atom. The molecule has 0 aliphatic carbocycles. The number of ether oxygens (including phenoxy) is 1. The minimum atomic E-state index is -1.32. The molecule has 8 heteroatoms. The second-order valence-electron chi connectivity index (χ2n) is 10.5. The number of amides is 1. The molecule has 196 valence electrons. The summed E-state index contributed by atoms with van der Waals surface area (Å²) < 4.78 is 6.95. The first-order valence-corrected chi connectivity index (χ1v) is 14.0. The van der Waals surface area contributed by atoms with Crippen LogP contribution < -0.4 is 10.1 Å². The van der Waals surface area contributed by atoms with Crippen molar-refractivity contribution >= 4 is 38.3 Å². The lowest BCUT2D eigenvalue weighted by atomic mass is 9.77. The van der Waals surface area contributed by atoms with E-state index in [1.807, 2.05) is 60.7 Å². The van der Waals surface area contributed by atoms with E-state index >= 15 is 0 Å². The van der Waals surface area contributed by atoms with Gasteiger partial charge in [-0.2, -0.15) is 0 Å². The van der Waals surface area contributed by atoms with Crippen molar-refractivity contribution in [1.82, 2.24) is 4.90 Å². The third-order valence-corrected chi connectivity index (χ3v) is 9.32. The minimum Gasteiger partial charge on any atom is -0.488 e. The quantitative estimate of drug-likeness (QED) is 0.222. The molecule has 4 atom stereocenters. The van der Waals surface area contributed by atoms with Gasteiger partial charge in [0, 0.05) is 28.8 Å². The van der Waals surface area contributed by atoms with Crippen LogP contribution in [0.4, 0.5) is 5.69 Å². The number of carbonyl (C=O) groups excluding carboxylic acids is 1. The molecule has 4 aromatic rings. The van der Waals surface area contributed by atoms with E-state index in [4.69, 9.17) is 4.74 Å². The van der Waals surface area contributed by atoms with Crippen LogP contribution in [0.15, 0.2) is 89.4 Å². The van der Waals surface area contributed by atoms with Crippen molar-refractivity contribution < 1.29 is 14.5 Å². The van der Waals surface area contributed by atoms with Crippen molar-refractivity contribution in [3.05, 3.63) is 116 Å². The fourth-order valence-electron chi connectivity index (χ4n) is 7.19. The van der Waals surface area contributed by atoms with Gasteiger partial charge in [-0.05, 0) is 68.9 Å². The van der Waals surface area contributed by atoms with Gasteiger partial charge >= 0.3 is 0 Å². The molecular formula is C31H26BrN3O4. The van der Waals surface area contributed by atoms with Gasteiger partial charge in [-0.3, -0.25) is 19.8 Å². The number of nitro groups is 1. The molecule has 1 spiro atoms. The highest BCUT2D eigenvalue weighted by Crippen LogP contribution is 2.58. The molecule has 7 rings (SSSR count). The van der Waals surface area contributed by atoms with Crippen molar-refractivity contribution in [2.75, 3.05) is 11.9 Å². The third kappa shape index (κ3) is 3.54. The van der Waals surface area contributed by atoms with Crippen LogP contribution in [0.5, 0.6) is 5.75 Å². The smallest absolute Gasteiger partial charge is 0.256 e. The van der Waals surface area contributed by atoms with Gasteiger partial charge in [0.05, 0.1) is 10.4 Å². The molecule has 1 N–H and O–H groups in total. The summed E-state index contributed by atoms with van der Waals surface area (Å²) in [5.74, 6) is -0.0685. The predicted molar refractivity (Wildman–Crippen MR) is 152 cm³/mol. The zero-order chi connectivity index (χ0) is 26.7. The number of nitrogens with one attached hydrogen (secondary N) is 1. The maximum absolute atomic E-state index is 13.6. The molecule has 4 aromatic carbocycles. The van der Waals surface area contributed by atoms with Crippen LogP contribution in [0.2, 0.25) is 0 Å². The van der Waals surface area contributed by atoms with Gasteiger partial charge in [0.25, 0.3) is 11.9 Å². The second-order valence-corrected chi connectivity index (χ2v) is 11.4. The van der Waals surface area contributed by atoms with Crippen molar-refractivity contribution in [2.45, 2.75) is 43.0 Å². The summed E-state index contributed by atoms with van der Waals surface area (Å²) >= 11 is 3.67. The summed E-state index contributed by atoms with van der Waals surface area (Å²) in [5, 5.41) is 18.1. The number of benzene rings is 4. The zero-order valence-electron chi connectivity index (χ0n) is 21.0. The van der Waals surface area contributed by atoms with Gasteiger partial charge in [-0.15, -0.1) is 0 Å². The Labute approximate surface area is 234 Å². The van der Waals surface area contributed by atoms with Crippen LogP contribution in [-0.2, 0) is 16.9 Å². The molecule has 0 saturated carbocycles. The lowest BCUT2D eigenvalue weighted by Crippen LogP contribution is -2.55. The van der Waals surface area contributed by atoms with Crippen molar-refractivity contribution in [2.24, 2.45) is 0 Å². The first-order chi connectivity index (χ1) is 19.0. The topological polar surface area (TPSA) is 84.7 Å². The number of hydrogen-bond acceptors (Lipinski definition) is 5. The van der Waals surface area contributed by atoms with Crippen LogP contribution >= 0.6 is 15.9 Å². The van der Waals surface area contributed by atoms with E-state index in [9.17, 15) is 14.9 Å². The molecular weight excluding hydrogens is 558 g/mol. The Morgan fingerprint density at radius 3 is 2.69 bits per heavy atom. The highest BCUT2D eigenvalue weighted by atomic mass is 79.9. The summed E-state index contributed by atoms with van der Waals surface area (Å²) in [5.41, 5.74) is 1.98. The van der Waals surface area contributed by atoms with Crippen LogP contribution in [0.3, 0.4) is 0 Å². The standard InChI is InChI=1S/C31H26BrN3O4/c32-24-17-20(14-15-27(24)39-18-21-9-5-8-19-7-1-2-10-22(19)21)28-26-13-6-16-34(26)31(29(28)35(37)38)23-11-3-4-12-25(23)33-30(31)36/h1-5,7-12,14-15,17,26,28-29H,6,13,16,18H2,(H,33,36)/t26-,28+,29+,31-/m0/s1. The summed E-state index contributed by atoms with van der Waals surface area (Å²) in [7, 11) is 0. The summed E-state index contributed by atoms with van der Waals surface area (Å²) in [4.78, 5) is 28.3. The molecule has 0 aromatic heterocycles. The normalized spacial score (nSPS) is 25.6. The lowest BCUT2D eigenvalue weighted by molar-refractivity contribution is -0.534. The fourth-order valence-corrected chi connectivity index (χ4v) is 7.70. The number of hydrogen-bond donors (Lipinski definition) is 1. The molecule has 2 saturated heterocycles. The molecule has 3 aliphatic rings. The number of rotatable bonds is 5. The molecule has 3 heterocycles. The molecule has 0 bridgehead atoms. The van der Waals surface area contributed by atoms with Crippen LogP contribution in [0, 0.1) is 10.1 Å². The average Bonchev–Trinajstić information content (AvgIpc) is 3.61. The number of para-hydroxylation sites is 1. The Morgan fingerprint density at radius 1 is 1.05 bits per heavy atom. The summed E-state index contributed by atoms with van der Waals surface area (Å²) in [6.45, 7) is 1.05. The molecule has 1 amide bonds. The number of nitrogens with zero attached hydrogens (tertiary/aromatic N) is 2. The zero-order valence-corrected chi connectivity index (χ0v) is 22.6. The van der Waals surface area contributed by atoms with E-state index in [0.29, 0.717) is 30.2 Å². The average molecular weight is 584 g/mol. The van der Waals surface area contributed by atoms with Gasteiger partial charge in [0.1, 0.15) is 12.4 Å². The van der Waals surface area contributed by atoms with Gasteiger partial charge in [0.2, 0.25) is 0 Å². The number of anilines is 1. The van der Waals surface area contributed by atoms with Crippen molar-refractivity contribution in [3.63, 3.8) is 0 Å². The van der Waals surface area contributed by atoms with E-state index in [0.717, 1.165) is 39.2 Å². The van der Waals surface area contributed by atoms with Gasteiger partial charge in [-0.1, -0.05) is 66.7 Å². The maximum atomic E-state index is 13.6. The van der Waals surface area contributed by atoms with Gasteiger partial charge in [-0.25, -0.2) is 0 Å². The monoisotopic (exact) mass is 583 g/mol. The third-order valence-electron chi connectivity index (χ3n) is 8.70. The first-order valence-electron chi connectivity index (χ1n) is 13.2. The number of carbonyl (C=O) groups is 1. The molecule has 39 heavy (non-hydrogen) atoms. The molecule has 0 unspecified atom stereocenters. The van der Waals surface area contributed by atoms with Crippen LogP contribution in [0.1, 0.15) is 35.4 Å². The highest BCUT2D eigenvalue weighted by molar-refractivity contribution is 9.10. The van der Waals surface area contributed by atoms with Crippen molar-refractivity contribution in [1.29, 1.82) is 0 Å². The van der Waals surface area contributed by atoms with E-state index in [2.05, 4.69) is 50.4 Å². The molecule has 2 fully saturated rings. The predicted octanol–water partition coefficient (Wildman–Crippen LogP) is 6.24. The highest BCUT2D eigenvalue weighted by Gasteiger charge is 2.73. The van der Waals surface area contributed by atoms with E-state index in [1.165, 1.54) is 0 Å².